The second kappa shape index (κ2) is 14.1. The maximum absolute atomic E-state index is 12.4. The predicted molar refractivity (Wildman–Crippen MR) is 97.0 cm³/mol. The van der Waals surface area contributed by atoms with E-state index in [1.54, 1.807) is 7.05 Å². The molecule has 142 valence electrons. The Bertz CT molecular complexity index is 344. The van der Waals surface area contributed by atoms with Crippen molar-refractivity contribution in [2.45, 2.75) is 85.1 Å². The van der Waals surface area contributed by atoms with Crippen LogP contribution in [0.3, 0.4) is 0 Å². The number of esters is 1. The summed E-state index contributed by atoms with van der Waals surface area (Å²) in [7, 11) is 1.61. The standard InChI is InChI=1S/C19H37NO4/c1-6-8-9-10-11-12-14-23-18(21)17(15-16(3)4)20(5)19(22)24-13-7-2/h16-17H,6-15H2,1-5H3. The van der Waals surface area contributed by atoms with Gasteiger partial charge in [0, 0.05) is 7.05 Å². The summed E-state index contributed by atoms with van der Waals surface area (Å²) in [6.45, 7) is 8.98. The molecule has 0 saturated carbocycles. The van der Waals surface area contributed by atoms with Crippen LogP contribution < -0.4 is 0 Å². The highest BCUT2D eigenvalue weighted by Crippen LogP contribution is 2.14. The zero-order chi connectivity index (χ0) is 18.4. The first kappa shape index (κ1) is 22.7. The Balaban J connectivity index is 4.32. The third-order valence-electron chi connectivity index (χ3n) is 3.89. The maximum Gasteiger partial charge on any atom is 0.410 e. The molecule has 0 saturated heterocycles. The molecule has 0 spiro atoms. The fraction of sp³-hybridized carbons (Fsp3) is 0.895. The highest BCUT2D eigenvalue weighted by molar-refractivity contribution is 5.81. The number of amides is 1. The summed E-state index contributed by atoms with van der Waals surface area (Å²) >= 11 is 0. The molecule has 0 aliphatic heterocycles. The highest BCUT2D eigenvalue weighted by Gasteiger charge is 2.29. The lowest BCUT2D eigenvalue weighted by Gasteiger charge is -2.27. The second-order valence-corrected chi connectivity index (χ2v) is 6.81. The van der Waals surface area contributed by atoms with E-state index in [-0.39, 0.29) is 11.9 Å². The van der Waals surface area contributed by atoms with Crippen LogP contribution in [-0.4, -0.2) is 43.3 Å². The van der Waals surface area contributed by atoms with E-state index in [9.17, 15) is 9.59 Å². The minimum Gasteiger partial charge on any atom is -0.464 e. The lowest BCUT2D eigenvalue weighted by molar-refractivity contribution is -0.149. The summed E-state index contributed by atoms with van der Waals surface area (Å²) in [4.78, 5) is 25.7. The first-order valence-electron chi connectivity index (χ1n) is 9.50. The topological polar surface area (TPSA) is 55.8 Å². The summed E-state index contributed by atoms with van der Waals surface area (Å²) in [6.07, 6.45) is 7.76. The van der Waals surface area contributed by atoms with Gasteiger partial charge in [-0.15, -0.1) is 0 Å². The number of hydrogen-bond donors (Lipinski definition) is 0. The summed E-state index contributed by atoms with van der Waals surface area (Å²) in [5.41, 5.74) is 0. The lowest BCUT2D eigenvalue weighted by Crippen LogP contribution is -2.44. The van der Waals surface area contributed by atoms with Crippen LogP contribution in [0.15, 0.2) is 0 Å². The zero-order valence-corrected chi connectivity index (χ0v) is 16.3. The van der Waals surface area contributed by atoms with Crippen molar-refractivity contribution in [3.8, 4) is 0 Å². The molecule has 0 radical (unpaired) electrons. The molecule has 0 aromatic rings. The van der Waals surface area contributed by atoms with Gasteiger partial charge in [0.15, 0.2) is 0 Å². The van der Waals surface area contributed by atoms with E-state index < -0.39 is 12.1 Å². The van der Waals surface area contributed by atoms with Gasteiger partial charge < -0.3 is 9.47 Å². The maximum atomic E-state index is 12.4. The number of unbranched alkanes of at least 4 members (excludes halogenated alkanes) is 5. The first-order valence-corrected chi connectivity index (χ1v) is 9.50. The molecule has 0 aliphatic rings. The number of carbonyl (C=O) groups is 2. The Morgan fingerprint density at radius 1 is 0.875 bits per heavy atom. The molecule has 0 aromatic heterocycles. The van der Waals surface area contributed by atoms with Crippen LogP contribution in [0, 0.1) is 5.92 Å². The molecule has 24 heavy (non-hydrogen) atoms. The fourth-order valence-corrected chi connectivity index (χ4v) is 2.43. The Labute approximate surface area is 148 Å². The minimum atomic E-state index is -0.575. The van der Waals surface area contributed by atoms with Crippen molar-refractivity contribution in [1.82, 2.24) is 4.90 Å². The normalized spacial score (nSPS) is 12.1. The van der Waals surface area contributed by atoms with E-state index in [2.05, 4.69) is 6.92 Å². The van der Waals surface area contributed by atoms with Gasteiger partial charge in [-0.3, -0.25) is 4.90 Å². The van der Waals surface area contributed by atoms with Gasteiger partial charge in [-0.1, -0.05) is 59.8 Å². The predicted octanol–water partition coefficient (Wildman–Crippen LogP) is 4.78. The van der Waals surface area contributed by atoms with Crippen LogP contribution in [0.1, 0.15) is 79.1 Å². The minimum absolute atomic E-state index is 0.290. The summed E-state index contributed by atoms with van der Waals surface area (Å²) < 4.78 is 10.5. The third-order valence-corrected chi connectivity index (χ3v) is 3.89. The van der Waals surface area contributed by atoms with E-state index in [0.29, 0.717) is 19.6 Å². The van der Waals surface area contributed by atoms with E-state index in [0.717, 1.165) is 19.3 Å². The van der Waals surface area contributed by atoms with Crippen LogP contribution in [0.5, 0.6) is 0 Å². The van der Waals surface area contributed by atoms with Gasteiger partial charge in [0.25, 0.3) is 0 Å². The molecule has 0 heterocycles. The van der Waals surface area contributed by atoms with Gasteiger partial charge in [-0.05, 0) is 25.2 Å². The quantitative estimate of drug-likeness (QED) is 0.356. The van der Waals surface area contributed by atoms with E-state index >= 15 is 0 Å². The number of carbonyl (C=O) groups excluding carboxylic acids is 2. The third kappa shape index (κ3) is 10.5. The molecule has 0 N–H and O–H groups in total. The molecular weight excluding hydrogens is 306 g/mol. The average Bonchev–Trinajstić information content (AvgIpc) is 2.55. The van der Waals surface area contributed by atoms with E-state index in [1.807, 2.05) is 20.8 Å². The monoisotopic (exact) mass is 343 g/mol. The zero-order valence-electron chi connectivity index (χ0n) is 16.3. The molecule has 0 bridgehead atoms. The van der Waals surface area contributed by atoms with Crippen molar-refractivity contribution < 1.29 is 19.1 Å². The van der Waals surface area contributed by atoms with Gasteiger partial charge in [0.2, 0.25) is 0 Å². The Morgan fingerprint density at radius 2 is 1.50 bits per heavy atom. The summed E-state index contributed by atoms with van der Waals surface area (Å²) in [6, 6.07) is -0.575. The van der Waals surface area contributed by atoms with Gasteiger partial charge >= 0.3 is 12.1 Å². The van der Waals surface area contributed by atoms with Gasteiger partial charge in [0.1, 0.15) is 6.04 Å². The lowest BCUT2D eigenvalue weighted by atomic mass is 10.0. The second-order valence-electron chi connectivity index (χ2n) is 6.81. The van der Waals surface area contributed by atoms with Gasteiger partial charge in [-0.25, -0.2) is 9.59 Å². The molecule has 0 fully saturated rings. The number of nitrogens with zero attached hydrogens (tertiary/aromatic N) is 1. The molecule has 5 nitrogen and oxygen atoms in total. The van der Waals surface area contributed by atoms with Crippen molar-refractivity contribution in [3.05, 3.63) is 0 Å². The largest absolute Gasteiger partial charge is 0.464 e. The Hall–Kier alpha value is -1.26. The van der Waals surface area contributed by atoms with Crippen LogP contribution in [0.2, 0.25) is 0 Å². The van der Waals surface area contributed by atoms with Crippen molar-refractivity contribution in [1.29, 1.82) is 0 Å². The molecule has 0 aliphatic carbocycles. The summed E-state index contributed by atoms with van der Waals surface area (Å²) in [5.74, 6) is -0.0359. The summed E-state index contributed by atoms with van der Waals surface area (Å²) in [5, 5.41) is 0. The first-order chi connectivity index (χ1) is 11.4. The molecule has 0 aromatic carbocycles. The number of rotatable bonds is 13. The number of likely N-dealkylation sites (N-methyl/N-ethyl adjacent to an activating group) is 1. The van der Waals surface area contributed by atoms with Crippen molar-refractivity contribution in [3.63, 3.8) is 0 Å². The SMILES string of the molecule is CCCCCCCCOC(=O)C(CC(C)C)N(C)C(=O)OCCC. The highest BCUT2D eigenvalue weighted by atomic mass is 16.6. The van der Waals surface area contributed by atoms with E-state index in [1.165, 1.54) is 30.6 Å². The van der Waals surface area contributed by atoms with E-state index in [4.69, 9.17) is 9.47 Å². The Morgan fingerprint density at radius 3 is 2.08 bits per heavy atom. The average molecular weight is 344 g/mol. The number of ether oxygens (including phenoxy) is 2. The molecule has 1 unspecified atom stereocenters. The Kier molecular flexibility index (Phi) is 13.4. The molecule has 0 rings (SSSR count). The molecule has 5 heteroatoms. The number of hydrogen-bond acceptors (Lipinski definition) is 4. The fourth-order valence-electron chi connectivity index (χ4n) is 2.43. The van der Waals surface area contributed by atoms with Crippen LogP contribution >= 0.6 is 0 Å². The van der Waals surface area contributed by atoms with Crippen LogP contribution in [0.25, 0.3) is 0 Å². The molecule has 1 atom stereocenters. The van der Waals surface area contributed by atoms with Crippen LogP contribution in [0.4, 0.5) is 4.79 Å². The van der Waals surface area contributed by atoms with Gasteiger partial charge in [0.05, 0.1) is 13.2 Å². The van der Waals surface area contributed by atoms with Crippen LogP contribution in [-0.2, 0) is 14.3 Å². The van der Waals surface area contributed by atoms with Crippen molar-refractivity contribution in [2.24, 2.45) is 5.92 Å². The smallest absolute Gasteiger partial charge is 0.410 e. The molecular formula is C19H37NO4. The molecule has 1 amide bonds. The van der Waals surface area contributed by atoms with Crippen molar-refractivity contribution >= 4 is 12.1 Å². The van der Waals surface area contributed by atoms with Crippen molar-refractivity contribution in [2.75, 3.05) is 20.3 Å². The van der Waals surface area contributed by atoms with Gasteiger partial charge in [-0.2, -0.15) is 0 Å².